The summed E-state index contributed by atoms with van der Waals surface area (Å²) in [6.45, 7) is 4.30. The van der Waals surface area contributed by atoms with E-state index >= 15 is 0 Å². The predicted molar refractivity (Wildman–Crippen MR) is 50.6 cm³/mol. The van der Waals surface area contributed by atoms with Crippen molar-refractivity contribution in [1.29, 1.82) is 0 Å². The van der Waals surface area contributed by atoms with Crippen molar-refractivity contribution in [2.45, 2.75) is 13.3 Å². The van der Waals surface area contributed by atoms with Crippen molar-refractivity contribution in [3.05, 3.63) is 0 Å². The van der Waals surface area contributed by atoms with Crippen molar-refractivity contribution in [2.24, 2.45) is 0 Å². The molecule has 0 aliphatic rings. The van der Waals surface area contributed by atoms with Crippen molar-refractivity contribution < 1.29 is 14.3 Å². The van der Waals surface area contributed by atoms with Crippen LogP contribution < -0.4 is 0 Å². The molecule has 0 aromatic rings. The van der Waals surface area contributed by atoms with Crippen LogP contribution in [0.4, 0.5) is 0 Å². The highest BCUT2D eigenvalue weighted by Gasteiger charge is 2.09. The number of carbonyl (C=O) groups excluding carboxylic acids is 1. The molecule has 0 bridgehead atoms. The minimum Gasteiger partial charge on any atom is -0.383 e. The lowest BCUT2D eigenvalue weighted by Gasteiger charge is -2.21. The van der Waals surface area contributed by atoms with E-state index in [2.05, 4.69) is 0 Å². The molecule has 0 atom stereocenters. The number of carbonyl (C=O) groups is 1. The largest absolute Gasteiger partial charge is 0.383 e. The Kier molecular flexibility index (Phi) is 7.63. The zero-order chi connectivity index (χ0) is 10.1. The Balaban J connectivity index is 3.79. The maximum Gasteiger partial charge on any atom is 0.222 e. The Morgan fingerprint density at radius 1 is 1.15 bits per heavy atom. The van der Waals surface area contributed by atoms with Gasteiger partial charge in [0.05, 0.1) is 13.2 Å². The number of ether oxygens (including phenoxy) is 2. The summed E-state index contributed by atoms with van der Waals surface area (Å²) in [7, 11) is 3.26. The van der Waals surface area contributed by atoms with E-state index in [4.69, 9.17) is 9.47 Å². The van der Waals surface area contributed by atoms with Crippen molar-refractivity contribution in [3.8, 4) is 0 Å². The summed E-state index contributed by atoms with van der Waals surface area (Å²) in [6.07, 6.45) is 0.535. The van der Waals surface area contributed by atoms with E-state index in [1.165, 1.54) is 0 Å². The molecule has 0 aliphatic heterocycles. The van der Waals surface area contributed by atoms with Crippen LogP contribution in [0.15, 0.2) is 0 Å². The van der Waals surface area contributed by atoms with Gasteiger partial charge in [-0.15, -0.1) is 0 Å². The lowest BCUT2D eigenvalue weighted by atomic mass is 10.4. The van der Waals surface area contributed by atoms with Gasteiger partial charge in [-0.05, 0) is 0 Å². The molecule has 0 rings (SSSR count). The maximum absolute atomic E-state index is 11.3. The van der Waals surface area contributed by atoms with Gasteiger partial charge in [0.2, 0.25) is 5.91 Å². The number of amides is 1. The highest BCUT2D eigenvalue weighted by Crippen LogP contribution is 1.93. The van der Waals surface area contributed by atoms with Gasteiger partial charge in [-0.25, -0.2) is 0 Å². The normalized spacial score (nSPS) is 10.1. The van der Waals surface area contributed by atoms with E-state index in [9.17, 15) is 4.79 Å². The van der Waals surface area contributed by atoms with Gasteiger partial charge in [-0.1, -0.05) is 6.92 Å². The quantitative estimate of drug-likeness (QED) is 0.586. The summed E-state index contributed by atoms with van der Waals surface area (Å²) in [5.74, 6) is 0.147. The highest BCUT2D eigenvalue weighted by molar-refractivity contribution is 5.75. The second-order valence-corrected chi connectivity index (χ2v) is 2.72. The third-order valence-corrected chi connectivity index (χ3v) is 1.79. The average molecular weight is 189 g/mol. The predicted octanol–water partition coefficient (Wildman–Crippen LogP) is 0.518. The standard InChI is InChI=1S/C9H19NO3/c1-4-9(11)10(5-7-12-2)6-8-13-3/h4-8H2,1-3H3. The van der Waals surface area contributed by atoms with Crippen LogP contribution in [0.3, 0.4) is 0 Å². The highest BCUT2D eigenvalue weighted by atomic mass is 16.5. The summed E-state index contributed by atoms with van der Waals surface area (Å²) in [4.78, 5) is 13.1. The topological polar surface area (TPSA) is 38.8 Å². The first-order chi connectivity index (χ1) is 6.26. The van der Waals surface area contributed by atoms with Gasteiger partial charge in [0.15, 0.2) is 0 Å². The molecule has 0 heterocycles. The van der Waals surface area contributed by atoms with Gasteiger partial charge in [0.25, 0.3) is 0 Å². The molecule has 13 heavy (non-hydrogen) atoms. The van der Waals surface area contributed by atoms with Crippen LogP contribution >= 0.6 is 0 Å². The molecule has 0 saturated carbocycles. The zero-order valence-corrected chi connectivity index (χ0v) is 8.71. The fourth-order valence-electron chi connectivity index (χ4n) is 0.988. The number of nitrogens with zero attached hydrogens (tertiary/aromatic N) is 1. The first-order valence-electron chi connectivity index (χ1n) is 4.51. The summed E-state index contributed by atoms with van der Waals surface area (Å²) in [6, 6.07) is 0. The Hall–Kier alpha value is -0.610. The molecule has 0 saturated heterocycles. The van der Waals surface area contributed by atoms with E-state index in [-0.39, 0.29) is 5.91 Å². The van der Waals surface area contributed by atoms with Crippen LogP contribution in [0, 0.1) is 0 Å². The Morgan fingerprint density at radius 3 is 1.92 bits per heavy atom. The molecule has 0 spiro atoms. The lowest BCUT2D eigenvalue weighted by Crippen LogP contribution is -2.35. The SMILES string of the molecule is CCC(=O)N(CCOC)CCOC. The van der Waals surface area contributed by atoms with Crippen molar-refractivity contribution in [3.63, 3.8) is 0 Å². The van der Waals surface area contributed by atoms with Gasteiger partial charge < -0.3 is 14.4 Å². The molecule has 0 radical (unpaired) electrons. The molecular weight excluding hydrogens is 170 g/mol. The molecule has 4 nitrogen and oxygen atoms in total. The van der Waals surface area contributed by atoms with Crippen LogP contribution in [-0.2, 0) is 14.3 Å². The Bertz CT molecular complexity index is 131. The van der Waals surface area contributed by atoms with Crippen molar-refractivity contribution in [1.82, 2.24) is 4.90 Å². The van der Waals surface area contributed by atoms with Gasteiger partial charge in [-0.3, -0.25) is 4.79 Å². The average Bonchev–Trinajstić information content (AvgIpc) is 2.17. The first-order valence-corrected chi connectivity index (χ1v) is 4.51. The van der Waals surface area contributed by atoms with Gasteiger partial charge in [0.1, 0.15) is 0 Å². The fraction of sp³-hybridized carbons (Fsp3) is 0.889. The third kappa shape index (κ3) is 5.60. The molecule has 0 fully saturated rings. The third-order valence-electron chi connectivity index (χ3n) is 1.79. The second-order valence-electron chi connectivity index (χ2n) is 2.72. The molecule has 0 aromatic carbocycles. The smallest absolute Gasteiger partial charge is 0.222 e. The minimum absolute atomic E-state index is 0.147. The van der Waals surface area contributed by atoms with Gasteiger partial charge in [-0.2, -0.15) is 0 Å². The molecule has 0 unspecified atom stereocenters. The number of rotatable bonds is 7. The molecule has 4 heteroatoms. The van der Waals surface area contributed by atoms with E-state index < -0.39 is 0 Å². The summed E-state index contributed by atoms with van der Waals surface area (Å²) in [5, 5.41) is 0. The Morgan fingerprint density at radius 2 is 1.62 bits per heavy atom. The fourth-order valence-corrected chi connectivity index (χ4v) is 0.988. The van der Waals surface area contributed by atoms with Gasteiger partial charge >= 0.3 is 0 Å². The van der Waals surface area contributed by atoms with Crippen LogP contribution in [0.2, 0.25) is 0 Å². The van der Waals surface area contributed by atoms with E-state index in [1.54, 1.807) is 19.1 Å². The van der Waals surface area contributed by atoms with E-state index in [1.807, 2.05) is 6.92 Å². The lowest BCUT2D eigenvalue weighted by molar-refractivity contribution is -0.132. The number of methoxy groups -OCH3 is 2. The van der Waals surface area contributed by atoms with Crippen LogP contribution in [0.1, 0.15) is 13.3 Å². The van der Waals surface area contributed by atoms with Crippen molar-refractivity contribution in [2.75, 3.05) is 40.5 Å². The first kappa shape index (κ1) is 12.4. The van der Waals surface area contributed by atoms with Crippen LogP contribution in [-0.4, -0.2) is 51.3 Å². The molecule has 0 N–H and O–H groups in total. The van der Waals surface area contributed by atoms with E-state index in [0.29, 0.717) is 32.7 Å². The Labute approximate surface area is 79.8 Å². The monoisotopic (exact) mass is 189 g/mol. The molecule has 1 amide bonds. The second kappa shape index (κ2) is 8.01. The molecular formula is C9H19NO3. The molecule has 78 valence electrons. The minimum atomic E-state index is 0.147. The zero-order valence-electron chi connectivity index (χ0n) is 8.71. The van der Waals surface area contributed by atoms with Crippen LogP contribution in [0.5, 0.6) is 0 Å². The maximum atomic E-state index is 11.3. The number of hydrogen-bond donors (Lipinski definition) is 0. The van der Waals surface area contributed by atoms with Gasteiger partial charge in [0, 0.05) is 33.7 Å². The summed E-state index contributed by atoms with van der Waals surface area (Å²) < 4.78 is 9.82. The molecule has 0 aromatic heterocycles. The number of hydrogen-bond acceptors (Lipinski definition) is 3. The van der Waals surface area contributed by atoms with E-state index in [0.717, 1.165) is 0 Å². The van der Waals surface area contributed by atoms with Crippen LogP contribution in [0.25, 0.3) is 0 Å². The molecule has 0 aliphatic carbocycles. The van der Waals surface area contributed by atoms with Crippen molar-refractivity contribution >= 4 is 5.91 Å². The summed E-state index contributed by atoms with van der Waals surface area (Å²) >= 11 is 0. The summed E-state index contributed by atoms with van der Waals surface area (Å²) in [5.41, 5.74) is 0.